The lowest BCUT2D eigenvalue weighted by molar-refractivity contribution is -0.135. The lowest BCUT2D eigenvalue weighted by Crippen LogP contribution is -2.17. The zero-order valence-electron chi connectivity index (χ0n) is 16.1. The standard InChI is InChI=1S/C20H22O8/c1-23-12-28-17-9-14(24-2)6-5-13(17)11-27-18-10-15(25-3)7-8-16(18)19(21)20(22)26-4/h5-10H,11-12H2,1-4H3. The van der Waals surface area contributed by atoms with Gasteiger partial charge >= 0.3 is 5.97 Å². The summed E-state index contributed by atoms with van der Waals surface area (Å²) in [5.41, 5.74) is 0.762. The summed E-state index contributed by atoms with van der Waals surface area (Å²) in [5.74, 6) is -0.0256. The van der Waals surface area contributed by atoms with Crippen molar-refractivity contribution in [2.75, 3.05) is 35.2 Å². The molecule has 0 aromatic heterocycles. The third-order valence-corrected chi connectivity index (χ3v) is 3.79. The van der Waals surface area contributed by atoms with E-state index in [1.165, 1.54) is 26.4 Å². The van der Waals surface area contributed by atoms with Crippen LogP contribution < -0.4 is 18.9 Å². The quantitative estimate of drug-likeness (QED) is 0.265. The van der Waals surface area contributed by atoms with Crippen LogP contribution >= 0.6 is 0 Å². The molecule has 0 aliphatic rings. The molecule has 0 spiro atoms. The lowest BCUT2D eigenvalue weighted by atomic mass is 10.1. The number of hydrogen-bond acceptors (Lipinski definition) is 8. The molecule has 0 saturated heterocycles. The Balaban J connectivity index is 2.30. The van der Waals surface area contributed by atoms with Crippen LogP contribution in [0.2, 0.25) is 0 Å². The van der Waals surface area contributed by atoms with E-state index in [1.54, 1.807) is 31.4 Å². The molecule has 0 N–H and O–H groups in total. The van der Waals surface area contributed by atoms with E-state index in [9.17, 15) is 9.59 Å². The van der Waals surface area contributed by atoms with E-state index in [1.807, 2.05) is 0 Å². The van der Waals surface area contributed by atoms with Crippen molar-refractivity contribution in [3.05, 3.63) is 47.5 Å². The van der Waals surface area contributed by atoms with E-state index in [2.05, 4.69) is 4.74 Å². The predicted molar refractivity (Wildman–Crippen MR) is 99.2 cm³/mol. The fourth-order valence-electron chi connectivity index (χ4n) is 2.33. The third kappa shape index (κ3) is 5.14. The second kappa shape index (κ2) is 10.2. The summed E-state index contributed by atoms with van der Waals surface area (Å²) >= 11 is 0. The second-order valence-electron chi connectivity index (χ2n) is 5.50. The maximum atomic E-state index is 12.2. The first-order chi connectivity index (χ1) is 13.5. The molecule has 150 valence electrons. The Bertz CT molecular complexity index is 831. The average molecular weight is 390 g/mol. The Morgan fingerprint density at radius 2 is 1.46 bits per heavy atom. The molecule has 2 aromatic rings. The van der Waals surface area contributed by atoms with Crippen molar-refractivity contribution in [1.82, 2.24) is 0 Å². The summed E-state index contributed by atoms with van der Waals surface area (Å²) in [7, 11) is 5.69. The van der Waals surface area contributed by atoms with Crippen LogP contribution in [-0.2, 0) is 20.9 Å². The molecule has 0 amide bonds. The van der Waals surface area contributed by atoms with Crippen molar-refractivity contribution in [3.8, 4) is 23.0 Å². The minimum atomic E-state index is -0.983. The van der Waals surface area contributed by atoms with Crippen molar-refractivity contribution in [1.29, 1.82) is 0 Å². The molecule has 0 fully saturated rings. The Morgan fingerprint density at radius 3 is 2.07 bits per heavy atom. The van der Waals surface area contributed by atoms with Gasteiger partial charge in [-0.2, -0.15) is 0 Å². The minimum Gasteiger partial charge on any atom is -0.497 e. The maximum absolute atomic E-state index is 12.2. The first-order valence-corrected chi connectivity index (χ1v) is 8.26. The molecule has 0 radical (unpaired) electrons. The van der Waals surface area contributed by atoms with Gasteiger partial charge in [0.25, 0.3) is 5.78 Å². The Labute approximate surface area is 162 Å². The molecule has 28 heavy (non-hydrogen) atoms. The van der Waals surface area contributed by atoms with Gasteiger partial charge in [-0.05, 0) is 24.3 Å². The number of Topliss-reactive ketones (excluding diaryl/α,β-unsaturated/α-hetero) is 1. The highest BCUT2D eigenvalue weighted by Gasteiger charge is 2.22. The SMILES string of the molecule is COCOc1cc(OC)ccc1COc1cc(OC)ccc1C(=O)C(=O)OC. The molecule has 2 rings (SSSR count). The number of benzene rings is 2. The number of ketones is 1. The highest BCUT2D eigenvalue weighted by atomic mass is 16.7. The van der Waals surface area contributed by atoms with Gasteiger partial charge < -0.3 is 28.4 Å². The molecule has 0 bridgehead atoms. The summed E-state index contributed by atoms with van der Waals surface area (Å²) in [6, 6.07) is 9.75. The molecular formula is C20H22O8. The predicted octanol–water partition coefficient (Wildman–Crippen LogP) is 2.62. The van der Waals surface area contributed by atoms with Gasteiger partial charge in [0.15, 0.2) is 6.79 Å². The molecule has 0 heterocycles. The van der Waals surface area contributed by atoms with E-state index in [-0.39, 0.29) is 24.7 Å². The number of carbonyl (C=O) groups excluding carboxylic acids is 2. The van der Waals surface area contributed by atoms with Crippen molar-refractivity contribution in [2.45, 2.75) is 6.61 Å². The fraction of sp³-hybridized carbons (Fsp3) is 0.300. The molecule has 2 aromatic carbocycles. The van der Waals surface area contributed by atoms with Crippen LogP contribution in [0.3, 0.4) is 0 Å². The monoisotopic (exact) mass is 390 g/mol. The van der Waals surface area contributed by atoms with Crippen molar-refractivity contribution in [2.24, 2.45) is 0 Å². The van der Waals surface area contributed by atoms with Gasteiger partial charge in [0, 0.05) is 24.8 Å². The first kappa shape index (κ1) is 21.0. The third-order valence-electron chi connectivity index (χ3n) is 3.79. The largest absolute Gasteiger partial charge is 0.497 e. The molecule has 8 nitrogen and oxygen atoms in total. The number of carbonyl (C=O) groups is 2. The van der Waals surface area contributed by atoms with Gasteiger partial charge in [0.2, 0.25) is 0 Å². The number of esters is 1. The highest BCUT2D eigenvalue weighted by molar-refractivity contribution is 6.41. The van der Waals surface area contributed by atoms with Crippen LogP contribution in [0.15, 0.2) is 36.4 Å². The number of methoxy groups -OCH3 is 4. The lowest BCUT2D eigenvalue weighted by Gasteiger charge is -2.15. The van der Waals surface area contributed by atoms with Gasteiger partial charge in [-0.15, -0.1) is 0 Å². The Morgan fingerprint density at radius 1 is 0.821 bits per heavy atom. The first-order valence-electron chi connectivity index (χ1n) is 8.26. The molecule has 0 aliphatic carbocycles. The topological polar surface area (TPSA) is 89.5 Å². The van der Waals surface area contributed by atoms with Gasteiger partial charge in [0.1, 0.15) is 29.6 Å². The van der Waals surface area contributed by atoms with E-state index >= 15 is 0 Å². The van der Waals surface area contributed by atoms with Crippen LogP contribution in [-0.4, -0.2) is 47.0 Å². The second-order valence-corrected chi connectivity index (χ2v) is 5.50. The molecule has 8 heteroatoms. The number of rotatable bonds is 10. The van der Waals surface area contributed by atoms with E-state index in [0.717, 1.165) is 7.11 Å². The number of ether oxygens (including phenoxy) is 6. The zero-order valence-corrected chi connectivity index (χ0v) is 16.1. The van der Waals surface area contributed by atoms with Crippen LogP contribution in [0.4, 0.5) is 0 Å². The van der Waals surface area contributed by atoms with Gasteiger partial charge in [-0.1, -0.05) is 0 Å². The molecule has 0 atom stereocenters. The maximum Gasteiger partial charge on any atom is 0.379 e. The smallest absolute Gasteiger partial charge is 0.379 e. The highest BCUT2D eigenvalue weighted by Crippen LogP contribution is 2.29. The summed E-state index contributed by atoms with van der Waals surface area (Å²) in [6.45, 7) is 0.114. The van der Waals surface area contributed by atoms with Crippen LogP contribution in [0.1, 0.15) is 15.9 Å². The Hall–Kier alpha value is -3.26. The number of hydrogen-bond donors (Lipinski definition) is 0. The normalized spacial score (nSPS) is 10.1. The van der Waals surface area contributed by atoms with Gasteiger partial charge in [-0.3, -0.25) is 4.79 Å². The molecular weight excluding hydrogens is 368 g/mol. The van der Waals surface area contributed by atoms with Gasteiger partial charge in [-0.25, -0.2) is 4.79 Å². The van der Waals surface area contributed by atoms with Crippen molar-refractivity contribution < 1.29 is 38.0 Å². The van der Waals surface area contributed by atoms with Crippen LogP contribution in [0.25, 0.3) is 0 Å². The van der Waals surface area contributed by atoms with Crippen LogP contribution in [0, 0.1) is 0 Å². The Kier molecular flexibility index (Phi) is 7.65. The minimum absolute atomic E-state index is 0.0470. The summed E-state index contributed by atoms with van der Waals surface area (Å²) in [5, 5.41) is 0. The fourth-order valence-corrected chi connectivity index (χ4v) is 2.33. The zero-order chi connectivity index (χ0) is 20.5. The van der Waals surface area contributed by atoms with E-state index in [4.69, 9.17) is 23.7 Å². The van der Waals surface area contributed by atoms with Crippen molar-refractivity contribution >= 4 is 11.8 Å². The van der Waals surface area contributed by atoms with E-state index < -0.39 is 11.8 Å². The summed E-state index contributed by atoms with van der Waals surface area (Å²) in [6.07, 6.45) is 0. The van der Waals surface area contributed by atoms with E-state index in [0.29, 0.717) is 22.8 Å². The van der Waals surface area contributed by atoms with Crippen molar-refractivity contribution in [3.63, 3.8) is 0 Å². The summed E-state index contributed by atoms with van der Waals surface area (Å²) in [4.78, 5) is 23.9. The molecule has 0 aliphatic heterocycles. The molecule has 0 saturated carbocycles. The summed E-state index contributed by atoms with van der Waals surface area (Å²) < 4.78 is 31.2. The molecule has 0 unspecified atom stereocenters. The van der Waals surface area contributed by atoms with Crippen LogP contribution in [0.5, 0.6) is 23.0 Å². The average Bonchev–Trinajstić information content (AvgIpc) is 2.74. The van der Waals surface area contributed by atoms with Gasteiger partial charge in [0.05, 0.1) is 26.9 Å².